The highest BCUT2D eigenvalue weighted by molar-refractivity contribution is 6.42. The van der Waals surface area contributed by atoms with Gasteiger partial charge in [-0.1, -0.05) is 29.3 Å². The molecule has 1 atom stereocenters. The van der Waals surface area contributed by atoms with Crippen LogP contribution in [-0.2, 0) is 0 Å². The van der Waals surface area contributed by atoms with E-state index in [0.29, 0.717) is 16.1 Å². The number of nitrogens with one attached hydrogen (secondary N) is 1. The Bertz CT molecular complexity index is 459. The van der Waals surface area contributed by atoms with Gasteiger partial charge in [0.1, 0.15) is 0 Å². The maximum atomic E-state index is 6.03. The minimum atomic E-state index is 0.305. The predicted molar refractivity (Wildman–Crippen MR) is 66.2 cm³/mol. The van der Waals surface area contributed by atoms with Crippen molar-refractivity contribution in [2.45, 2.75) is 6.04 Å². The molecule has 0 amide bonds. The van der Waals surface area contributed by atoms with E-state index in [0.717, 1.165) is 25.6 Å². The molecule has 5 heteroatoms. The van der Waals surface area contributed by atoms with Gasteiger partial charge in [0.25, 0.3) is 0 Å². The van der Waals surface area contributed by atoms with Crippen molar-refractivity contribution in [1.82, 2.24) is 10.2 Å². The van der Waals surface area contributed by atoms with E-state index in [9.17, 15) is 0 Å². The standard InChI is InChI=1S/C11H11Cl2N3/c12-8-2-1-7(5-9(8)13)10-6-15-11-14-3-4-16(10)11/h1-2,5,10H,3-4,6H2,(H,14,15). The van der Waals surface area contributed by atoms with Crippen molar-refractivity contribution < 1.29 is 0 Å². The molecule has 0 radical (unpaired) electrons. The second kappa shape index (κ2) is 3.82. The molecule has 16 heavy (non-hydrogen) atoms. The molecule has 0 bridgehead atoms. The van der Waals surface area contributed by atoms with Gasteiger partial charge in [0.15, 0.2) is 5.96 Å². The molecule has 2 aliphatic rings. The van der Waals surface area contributed by atoms with Crippen LogP contribution in [0.15, 0.2) is 23.2 Å². The van der Waals surface area contributed by atoms with Gasteiger partial charge in [-0.3, -0.25) is 4.99 Å². The van der Waals surface area contributed by atoms with Gasteiger partial charge in [0.05, 0.1) is 22.6 Å². The summed E-state index contributed by atoms with van der Waals surface area (Å²) in [6.45, 7) is 2.76. The van der Waals surface area contributed by atoms with Gasteiger partial charge in [-0.2, -0.15) is 0 Å². The lowest BCUT2D eigenvalue weighted by atomic mass is 10.1. The molecule has 1 aromatic rings. The van der Waals surface area contributed by atoms with Crippen LogP contribution in [0.4, 0.5) is 0 Å². The Labute approximate surface area is 104 Å². The lowest BCUT2D eigenvalue weighted by molar-refractivity contribution is 0.381. The second-order valence-electron chi connectivity index (χ2n) is 3.97. The molecular formula is C11H11Cl2N3. The largest absolute Gasteiger partial charge is 0.354 e. The van der Waals surface area contributed by atoms with Gasteiger partial charge < -0.3 is 10.2 Å². The van der Waals surface area contributed by atoms with Crippen LogP contribution in [0.5, 0.6) is 0 Å². The van der Waals surface area contributed by atoms with E-state index in [1.807, 2.05) is 18.2 Å². The fourth-order valence-corrected chi connectivity index (χ4v) is 2.53. The fourth-order valence-electron chi connectivity index (χ4n) is 2.22. The summed E-state index contributed by atoms with van der Waals surface area (Å²) in [4.78, 5) is 6.74. The quantitative estimate of drug-likeness (QED) is 0.834. The third-order valence-electron chi connectivity index (χ3n) is 3.03. The van der Waals surface area contributed by atoms with Gasteiger partial charge in [0.2, 0.25) is 0 Å². The Balaban J connectivity index is 1.91. The molecule has 1 saturated heterocycles. The molecule has 1 unspecified atom stereocenters. The van der Waals surface area contributed by atoms with Crippen LogP contribution in [0, 0.1) is 0 Å². The summed E-state index contributed by atoms with van der Waals surface area (Å²) < 4.78 is 0. The maximum absolute atomic E-state index is 6.03. The summed E-state index contributed by atoms with van der Waals surface area (Å²) in [5.74, 6) is 1.01. The third kappa shape index (κ3) is 1.55. The third-order valence-corrected chi connectivity index (χ3v) is 3.77. The first kappa shape index (κ1) is 10.2. The molecule has 1 aromatic carbocycles. The van der Waals surface area contributed by atoms with Crippen molar-refractivity contribution >= 4 is 29.2 Å². The van der Waals surface area contributed by atoms with Crippen molar-refractivity contribution in [3.8, 4) is 0 Å². The number of rotatable bonds is 1. The Hall–Kier alpha value is -0.930. The number of nitrogens with zero attached hydrogens (tertiary/aromatic N) is 2. The lowest BCUT2D eigenvalue weighted by Gasteiger charge is -2.22. The van der Waals surface area contributed by atoms with Crippen molar-refractivity contribution in [2.24, 2.45) is 4.99 Å². The average Bonchev–Trinajstić information content (AvgIpc) is 2.83. The Morgan fingerprint density at radius 1 is 1.31 bits per heavy atom. The first-order valence-corrected chi connectivity index (χ1v) is 6.01. The van der Waals surface area contributed by atoms with E-state index < -0.39 is 0 Å². The molecule has 3 rings (SSSR count). The van der Waals surface area contributed by atoms with Crippen LogP contribution in [-0.4, -0.2) is 30.5 Å². The first-order chi connectivity index (χ1) is 7.75. The smallest absolute Gasteiger partial charge is 0.194 e. The summed E-state index contributed by atoms with van der Waals surface area (Å²) in [5.41, 5.74) is 1.18. The molecule has 1 N–H and O–H groups in total. The highest BCUT2D eigenvalue weighted by atomic mass is 35.5. The average molecular weight is 256 g/mol. The summed E-state index contributed by atoms with van der Waals surface area (Å²) >= 11 is 11.9. The van der Waals surface area contributed by atoms with Crippen molar-refractivity contribution in [2.75, 3.05) is 19.6 Å². The summed E-state index contributed by atoms with van der Waals surface area (Å²) in [5, 5.41) is 4.47. The Kier molecular flexibility index (Phi) is 2.45. The van der Waals surface area contributed by atoms with Crippen molar-refractivity contribution in [1.29, 1.82) is 0 Å². The van der Waals surface area contributed by atoms with Gasteiger partial charge in [-0.25, -0.2) is 0 Å². The molecule has 0 aromatic heterocycles. The number of hydrogen-bond acceptors (Lipinski definition) is 3. The van der Waals surface area contributed by atoms with Crippen LogP contribution in [0.2, 0.25) is 10.0 Å². The highest BCUT2D eigenvalue weighted by Gasteiger charge is 2.32. The minimum Gasteiger partial charge on any atom is -0.354 e. The summed E-state index contributed by atoms with van der Waals surface area (Å²) in [7, 11) is 0. The SMILES string of the molecule is Clc1ccc(C2CN=C3NCCN32)cc1Cl. The lowest BCUT2D eigenvalue weighted by Crippen LogP contribution is -2.28. The normalized spacial score (nSPS) is 23.0. The zero-order valence-electron chi connectivity index (χ0n) is 8.58. The molecule has 0 saturated carbocycles. The maximum Gasteiger partial charge on any atom is 0.194 e. The number of hydrogen-bond donors (Lipinski definition) is 1. The summed E-state index contributed by atoms with van der Waals surface area (Å²) in [6.07, 6.45) is 0. The topological polar surface area (TPSA) is 27.6 Å². The number of guanidine groups is 1. The molecule has 2 heterocycles. The van der Waals surface area contributed by atoms with E-state index in [-0.39, 0.29) is 0 Å². The summed E-state index contributed by atoms with van der Waals surface area (Å²) in [6, 6.07) is 6.11. The fraction of sp³-hybridized carbons (Fsp3) is 0.364. The number of halogens is 2. The van der Waals surface area contributed by atoms with Crippen LogP contribution in [0.3, 0.4) is 0 Å². The Morgan fingerprint density at radius 3 is 3.00 bits per heavy atom. The predicted octanol–water partition coefficient (Wildman–Crippen LogP) is 2.31. The first-order valence-electron chi connectivity index (χ1n) is 5.25. The van der Waals surface area contributed by atoms with Gasteiger partial charge in [-0.15, -0.1) is 0 Å². The van der Waals surface area contributed by atoms with Crippen LogP contribution >= 0.6 is 23.2 Å². The molecular weight excluding hydrogens is 245 g/mol. The van der Waals surface area contributed by atoms with E-state index in [4.69, 9.17) is 23.2 Å². The second-order valence-corrected chi connectivity index (χ2v) is 4.79. The van der Waals surface area contributed by atoms with E-state index in [1.165, 1.54) is 5.56 Å². The van der Waals surface area contributed by atoms with E-state index in [2.05, 4.69) is 15.2 Å². The number of aliphatic imine (C=N–C) groups is 1. The van der Waals surface area contributed by atoms with Crippen LogP contribution < -0.4 is 5.32 Å². The number of fused-ring (bicyclic) bond motifs is 1. The number of benzene rings is 1. The van der Waals surface area contributed by atoms with E-state index in [1.54, 1.807) is 0 Å². The molecule has 84 valence electrons. The Morgan fingerprint density at radius 2 is 2.19 bits per heavy atom. The van der Waals surface area contributed by atoms with Gasteiger partial charge in [-0.05, 0) is 17.7 Å². The molecule has 1 fully saturated rings. The van der Waals surface area contributed by atoms with E-state index >= 15 is 0 Å². The zero-order chi connectivity index (χ0) is 11.1. The molecule has 0 spiro atoms. The van der Waals surface area contributed by atoms with Crippen molar-refractivity contribution in [3.63, 3.8) is 0 Å². The zero-order valence-corrected chi connectivity index (χ0v) is 10.1. The highest BCUT2D eigenvalue weighted by Crippen LogP contribution is 2.31. The van der Waals surface area contributed by atoms with Crippen LogP contribution in [0.1, 0.15) is 11.6 Å². The molecule has 0 aliphatic carbocycles. The molecule has 3 nitrogen and oxygen atoms in total. The minimum absolute atomic E-state index is 0.305. The van der Waals surface area contributed by atoms with Gasteiger partial charge >= 0.3 is 0 Å². The van der Waals surface area contributed by atoms with Crippen LogP contribution in [0.25, 0.3) is 0 Å². The monoisotopic (exact) mass is 255 g/mol. The van der Waals surface area contributed by atoms with Gasteiger partial charge in [0, 0.05) is 13.1 Å². The van der Waals surface area contributed by atoms with Crippen molar-refractivity contribution in [3.05, 3.63) is 33.8 Å². The molecule has 2 aliphatic heterocycles.